The summed E-state index contributed by atoms with van der Waals surface area (Å²) in [6.45, 7) is 0.00208. The predicted molar refractivity (Wildman–Crippen MR) is 51.9 cm³/mol. The first kappa shape index (κ1) is 9.29. The summed E-state index contributed by atoms with van der Waals surface area (Å²) in [7, 11) is 0. The first-order chi connectivity index (χ1) is 5.74. The highest BCUT2D eigenvalue weighted by Crippen LogP contribution is 2.22. The minimum Gasteiger partial charge on any atom is -0.508 e. The molecule has 0 aliphatic rings. The summed E-state index contributed by atoms with van der Waals surface area (Å²) in [5.41, 5.74) is 0.851. The van der Waals surface area contributed by atoms with Crippen molar-refractivity contribution in [1.82, 2.24) is 0 Å². The normalized spacial score (nSPS) is 10.8. The molecule has 0 aliphatic carbocycles. The van der Waals surface area contributed by atoms with Gasteiger partial charge in [0.25, 0.3) is 0 Å². The van der Waals surface area contributed by atoms with Crippen LogP contribution in [0, 0.1) is 0 Å². The summed E-state index contributed by atoms with van der Waals surface area (Å²) in [6.07, 6.45) is 3.35. The lowest BCUT2D eigenvalue weighted by molar-refractivity contribution is 0.343. The van der Waals surface area contributed by atoms with E-state index in [0.717, 1.165) is 10.0 Å². The van der Waals surface area contributed by atoms with Gasteiger partial charge in [-0.3, -0.25) is 0 Å². The molecule has 0 radical (unpaired) electrons. The van der Waals surface area contributed by atoms with Gasteiger partial charge in [0.15, 0.2) is 0 Å². The number of hydrogen-bond donors (Lipinski definition) is 2. The van der Waals surface area contributed by atoms with Crippen LogP contribution in [0.5, 0.6) is 5.75 Å². The molecule has 0 bridgehead atoms. The highest BCUT2D eigenvalue weighted by Gasteiger charge is 1.95. The van der Waals surface area contributed by atoms with Crippen molar-refractivity contribution in [2.24, 2.45) is 0 Å². The number of phenolic OH excluding ortho intramolecular Hbond substituents is 1. The molecular formula is C9H9BrO2. The van der Waals surface area contributed by atoms with Crippen molar-refractivity contribution in [2.75, 3.05) is 6.61 Å². The van der Waals surface area contributed by atoms with E-state index in [0.29, 0.717) is 0 Å². The Balaban J connectivity index is 2.97. The molecule has 0 aromatic heterocycles. The Hall–Kier alpha value is -0.800. The molecule has 0 saturated carbocycles. The first-order valence-corrected chi connectivity index (χ1v) is 4.29. The number of aliphatic hydroxyl groups is 1. The van der Waals surface area contributed by atoms with E-state index in [1.165, 1.54) is 0 Å². The van der Waals surface area contributed by atoms with Gasteiger partial charge in [0.1, 0.15) is 5.75 Å². The zero-order valence-electron chi connectivity index (χ0n) is 6.37. The van der Waals surface area contributed by atoms with Crippen LogP contribution in [-0.2, 0) is 0 Å². The third-order valence-electron chi connectivity index (χ3n) is 1.38. The van der Waals surface area contributed by atoms with Crippen molar-refractivity contribution in [3.8, 4) is 5.75 Å². The Morgan fingerprint density at radius 1 is 1.42 bits per heavy atom. The molecule has 64 valence electrons. The van der Waals surface area contributed by atoms with Gasteiger partial charge in [-0.2, -0.15) is 0 Å². The Morgan fingerprint density at radius 3 is 2.83 bits per heavy atom. The van der Waals surface area contributed by atoms with Crippen molar-refractivity contribution in [3.05, 3.63) is 34.3 Å². The van der Waals surface area contributed by atoms with E-state index in [-0.39, 0.29) is 12.4 Å². The summed E-state index contributed by atoms with van der Waals surface area (Å²) in [5.74, 6) is 0.218. The smallest absolute Gasteiger partial charge is 0.116 e. The van der Waals surface area contributed by atoms with Crippen LogP contribution in [0.4, 0.5) is 0 Å². The molecule has 1 aromatic carbocycles. The van der Waals surface area contributed by atoms with Crippen LogP contribution in [0.3, 0.4) is 0 Å². The van der Waals surface area contributed by atoms with E-state index in [1.807, 2.05) is 0 Å². The lowest BCUT2D eigenvalue weighted by Crippen LogP contribution is -1.77. The number of rotatable bonds is 2. The second-order valence-corrected chi connectivity index (χ2v) is 3.15. The molecule has 0 amide bonds. The number of aliphatic hydroxyl groups excluding tert-OH is 1. The summed E-state index contributed by atoms with van der Waals surface area (Å²) < 4.78 is 0.894. The molecule has 12 heavy (non-hydrogen) atoms. The molecule has 0 spiro atoms. The number of halogens is 1. The highest BCUT2D eigenvalue weighted by atomic mass is 79.9. The van der Waals surface area contributed by atoms with Gasteiger partial charge in [-0.25, -0.2) is 0 Å². The fraction of sp³-hybridized carbons (Fsp3) is 0.111. The molecule has 1 aromatic rings. The molecule has 0 unspecified atom stereocenters. The van der Waals surface area contributed by atoms with Crippen molar-refractivity contribution in [1.29, 1.82) is 0 Å². The maximum absolute atomic E-state index is 9.12. The second-order valence-electron chi connectivity index (χ2n) is 2.29. The molecule has 0 fully saturated rings. The van der Waals surface area contributed by atoms with Crippen LogP contribution in [0.1, 0.15) is 5.56 Å². The van der Waals surface area contributed by atoms with Crippen LogP contribution in [0.2, 0.25) is 0 Å². The lowest BCUT2D eigenvalue weighted by atomic mass is 10.2. The van der Waals surface area contributed by atoms with Crippen LogP contribution < -0.4 is 0 Å². The SMILES string of the molecule is OC/C=C/c1cc(O)ccc1Br. The maximum Gasteiger partial charge on any atom is 0.116 e. The largest absolute Gasteiger partial charge is 0.508 e. The molecule has 0 saturated heterocycles. The predicted octanol–water partition coefficient (Wildman–Crippen LogP) is 2.16. The minimum atomic E-state index is 0.00208. The Kier molecular flexibility index (Phi) is 3.31. The van der Waals surface area contributed by atoms with Crippen molar-refractivity contribution >= 4 is 22.0 Å². The topological polar surface area (TPSA) is 40.5 Å². The van der Waals surface area contributed by atoms with Crippen LogP contribution in [0.25, 0.3) is 6.08 Å². The molecular weight excluding hydrogens is 220 g/mol. The zero-order valence-corrected chi connectivity index (χ0v) is 7.95. The Labute approximate surface area is 79.3 Å². The standard InChI is InChI=1S/C9H9BrO2/c10-9-4-3-8(12)6-7(9)2-1-5-11/h1-4,6,11-12H,5H2/b2-1+. The van der Waals surface area contributed by atoms with Crippen LogP contribution in [-0.4, -0.2) is 16.8 Å². The summed E-state index contributed by atoms with van der Waals surface area (Å²) in [5, 5.41) is 17.6. The van der Waals surface area contributed by atoms with Gasteiger partial charge < -0.3 is 10.2 Å². The maximum atomic E-state index is 9.12. The Morgan fingerprint density at radius 2 is 2.17 bits per heavy atom. The number of aromatic hydroxyl groups is 1. The molecule has 0 atom stereocenters. The zero-order chi connectivity index (χ0) is 8.97. The Bertz CT molecular complexity index is 295. The van der Waals surface area contributed by atoms with Gasteiger partial charge >= 0.3 is 0 Å². The summed E-state index contributed by atoms with van der Waals surface area (Å²) >= 11 is 3.32. The number of benzene rings is 1. The molecule has 1 rings (SSSR count). The molecule has 2 N–H and O–H groups in total. The number of phenols is 1. The second kappa shape index (κ2) is 4.28. The fourth-order valence-corrected chi connectivity index (χ4v) is 1.22. The van der Waals surface area contributed by atoms with E-state index in [2.05, 4.69) is 15.9 Å². The monoisotopic (exact) mass is 228 g/mol. The molecule has 3 heteroatoms. The van der Waals surface area contributed by atoms with Gasteiger partial charge in [0.05, 0.1) is 6.61 Å². The molecule has 0 heterocycles. The third kappa shape index (κ3) is 2.36. The fourth-order valence-electron chi connectivity index (χ4n) is 0.839. The van der Waals surface area contributed by atoms with Crippen molar-refractivity contribution in [3.63, 3.8) is 0 Å². The van der Waals surface area contributed by atoms with Crippen LogP contribution in [0.15, 0.2) is 28.7 Å². The first-order valence-electron chi connectivity index (χ1n) is 3.50. The van der Waals surface area contributed by atoms with Crippen LogP contribution >= 0.6 is 15.9 Å². The average molecular weight is 229 g/mol. The van der Waals surface area contributed by atoms with E-state index < -0.39 is 0 Å². The lowest BCUT2D eigenvalue weighted by Gasteiger charge is -1.98. The van der Waals surface area contributed by atoms with Gasteiger partial charge in [0, 0.05) is 4.47 Å². The minimum absolute atomic E-state index is 0.00208. The van der Waals surface area contributed by atoms with E-state index in [9.17, 15) is 0 Å². The summed E-state index contributed by atoms with van der Waals surface area (Å²) in [6, 6.07) is 4.98. The van der Waals surface area contributed by atoms with Gasteiger partial charge in [-0.15, -0.1) is 0 Å². The molecule has 0 aliphatic heterocycles. The number of hydrogen-bond acceptors (Lipinski definition) is 2. The van der Waals surface area contributed by atoms with E-state index >= 15 is 0 Å². The average Bonchev–Trinajstić information content (AvgIpc) is 2.07. The van der Waals surface area contributed by atoms with Gasteiger partial charge in [-0.1, -0.05) is 28.1 Å². The van der Waals surface area contributed by atoms with E-state index in [1.54, 1.807) is 30.4 Å². The van der Waals surface area contributed by atoms with E-state index in [4.69, 9.17) is 10.2 Å². The third-order valence-corrected chi connectivity index (χ3v) is 2.10. The van der Waals surface area contributed by atoms with Crippen molar-refractivity contribution < 1.29 is 10.2 Å². The molecule has 2 nitrogen and oxygen atoms in total. The quantitative estimate of drug-likeness (QED) is 0.815. The highest BCUT2D eigenvalue weighted by molar-refractivity contribution is 9.10. The van der Waals surface area contributed by atoms with Crippen molar-refractivity contribution in [2.45, 2.75) is 0 Å². The van der Waals surface area contributed by atoms with Gasteiger partial charge in [-0.05, 0) is 23.8 Å². The van der Waals surface area contributed by atoms with Gasteiger partial charge in [0.2, 0.25) is 0 Å². The summed E-state index contributed by atoms with van der Waals surface area (Å²) in [4.78, 5) is 0.